The van der Waals surface area contributed by atoms with Gasteiger partial charge in [-0.15, -0.1) is 6.58 Å². The highest BCUT2D eigenvalue weighted by atomic mass is 16.5. The number of methoxy groups -OCH3 is 1. The molecule has 4 aromatic rings. The van der Waals surface area contributed by atoms with Crippen LogP contribution in [0.15, 0.2) is 96.5 Å². The van der Waals surface area contributed by atoms with E-state index in [2.05, 4.69) is 22.2 Å². The first-order chi connectivity index (χ1) is 26.4. The molecule has 13 heteroatoms. The number of pyridine rings is 1. The zero-order valence-corrected chi connectivity index (χ0v) is 30.8. The Kier molecular flexibility index (Phi) is 10.1. The third-order valence-electron chi connectivity index (χ3n) is 10.7. The number of fused-ring (bicyclic) bond motifs is 2. The first-order valence-corrected chi connectivity index (χ1v) is 18.3. The number of amides is 4. The second-order valence-electron chi connectivity index (χ2n) is 14.6. The van der Waals surface area contributed by atoms with Gasteiger partial charge in [-0.25, -0.2) is 19.6 Å². The van der Waals surface area contributed by atoms with Gasteiger partial charge in [-0.3, -0.25) is 9.59 Å². The monoisotopic (exact) mass is 745 g/mol. The standard InChI is InChI=1S/C42H43N5O8/c1-5-26-21-42(26,40(51)52)46-38(49)33-19-28(55-35-20-31(24-11-7-6-8-12-24)43-32-18-27(54-4)15-16-30(32)35)22-47(33)41(53)45-36(23(2)3)39(50)44-37-29-14-10-9-13-25(29)17-34(37)48/h5-16,18,20,23,26,28,33-34,36,48H,1,17,19,21-22H2,2-4H3,(H,45,53)(H,46,49)(H,51,52)/t26-,28?,33+,34?,36+,42-/m1/s1. The molecule has 7 rings (SSSR count). The number of aliphatic hydroxyl groups excluding tert-OH is 1. The molecule has 2 aliphatic carbocycles. The van der Waals surface area contributed by atoms with Crippen LogP contribution in [-0.4, -0.2) is 93.1 Å². The van der Waals surface area contributed by atoms with Crippen molar-refractivity contribution >= 4 is 40.4 Å². The second kappa shape index (κ2) is 15.0. The van der Waals surface area contributed by atoms with E-state index in [1.54, 1.807) is 45.2 Å². The largest absolute Gasteiger partial charge is 0.497 e. The molecule has 2 unspecified atom stereocenters. The molecule has 2 fully saturated rings. The molecule has 284 valence electrons. The Balaban J connectivity index is 1.19. The first kappa shape index (κ1) is 37.2. The second-order valence-corrected chi connectivity index (χ2v) is 14.6. The zero-order valence-electron chi connectivity index (χ0n) is 30.8. The van der Waals surface area contributed by atoms with Crippen LogP contribution in [0.3, 0.4) is 0 Å². The van der Waals surface area contributed by atoms with Gasteiger partial charge in [0.25, 0.3) is 5.91 Å². The lowest BCUT2D eigenvalue weighted by molar-refractivity contribution is -0.144. The van der Waals surface area contributed by atoms with Crippen LogP contribution >= 0.6 is 0 Å². The summed E-state index contributed by atoms with van der Waals surface area (Å²) in [6.07, 6.45) is 0.333. The van der Waals surface area contributed by atoms with Crippen LogP contribution in [0.1, 0.15) is 37.8 Å². The maximum absolute atomic E-state index is 14.2. The summed E-state index contributed by atoms with van der Waals surface area (Å²) >= 11 is 0. The van der Waals surface area contributed by atoms with Gasteiger partial charge in [0.2, 0.25) is 5.91 Å². The van der Waals surface area contributed by atoms with E-state index in [4.69, 9.17) is 14.5 Å². The number of carbonyl (C=O) groups excluding carboxylic acids is 3. The van der Waals surface area contributed by atoms with Gasteiger partial charge in [0.05, 0.1) is 30.6 Å². The molecule has 1 saturated heterocycles. The topological polar surface area (TPSA) is 180 Å². The molecular formula is C42H43N5O8. The lowest BCUT2D eigenvalue weighted by Gasteiger charge is -2.28. The summed E-state index contributed by atoms with van der Waals surface area (Å²) in [6.45, 7) is 7.17. The van der Waals surface area contributed by atoms with Gasteiger partial charge in [0, 0.05) is 47.4 Å². The Morgan fingerprint density at radius 3 is 2.49 bits per heavy atom. The van der Waals surface area contributed by atoms with Gasteiger partial charge >= 0.3 is 12.0 Å². The zero-order chi connectivity index (χ0) is 39.0. The van der Waals surface area contributed by atoms with Crippen molar-refractivity contribution in [1.29, 1.82) is 0 Å². The van der Waals surface area contributed by atoms with Gasteiger partial charge in [-0.2, -0.15) is 0 Å². The number of nitrogens with one attached hydrogen (secondary N) is 2. The minimum Gasteiger partial charge on any atom is -0.497 e. The molecule has 55 heavy (non-hydrogen) atoms. The number of aromatic nitrogens is 1. The van der Waals surface area contributed by atoms with E-state index in [1.165, 1.54) is 11.0 Å². The SMILES string of the molecule is C=C[C@@H]1C[C@]1(NC(=O)[C@@H]1CC(Oc2cc(-c3ccccc3)nc3cc(OC)ccc23)CN1C(=O)N[C@H](C(=O)N=C1c2ccccc2CC1O)C(C)C)C(=O)O. The fraction of sp³-hybridized carbons (Fsp3) is 0.333. The summed E-state index contributed by atoms with van der Waals surface area (Å²) in [6, 6.07) is 21.1. The van der Waals surface area contributed by atoms with Gasteiger partial charge in [0.1, 0.15) is 41.3 Å². The van der Waals surface area contributed by atoms with Crippen molar-refractivity contribution in [1.82, 2.24) is 20.5 Å². The average molecular weight is 746 g/mol. The van der Waals surface area contributed by atoms with Crippen molar-refractivity contribution in [3.8, 4) is 22.8 Å². The molecule has 0 spiro atoms. The number of hydrogen-bond donors (Lipinski definition) is 4. The highest BCUT2D eigenvalue weighted by Crippen LogP contribution is 2.45. The van der Waals surface area contributed by atoms with Crippen molar-refractivity contribution in [2.24, 2.45) is 16.8 Å². The van der Waals surface area contributed by atoms with Crippen LogP contribution in [0.4, 0.5) is 4.79 Å². The van der Waals surface area contributed by atoms with Gasteiger partial charge in [0.15, 0.2) is 0 Å². The summed E-state index contributed by atoms with van der Waals surface area (Å²) in [4.78, 5) is 64.7. The highest BCUT2D eigenvalue weighted by molar-refractivity contribution is 6.13. The van der Waals surface area contributed by atoms with Crippen molar-refractivity contribution in [2.45, 2.75) is 62.9 Å². The van der Waals surface area contributed by atoms with Crippen molar-refractivity contribution in [3.63, 3.8) is 0 Å². The van der Waals surface area contributed by atoms with Gasteiger partial charge < -0.3 is 35.2 Å². The van der Waals surface area contributed by atoms with E-state index < -0.39 is 65.5 Å². The number of benzene rings is 3. The Hall–Kier alpha value is -6.08. The number of aliphatic carboxylic acids is 1. The first-order valence-electron chi connectivity index (χ1n) is 18.3. The molecule has 2 heterocycles. The van der Waals surface area contributed by atoms with E-state index in [9.17, 15) is 29.4 Å². The van der Waals surface area contributed by atoms with Crippen LogP contribution in [0.2, 0.25) is 0 Å². The molecule has 6 atom stereocenters. The summed E-state index contributed by atoms with van der Waals surface area (Å²) in [5, 5.41) is 26.9. The smallest absolute Gasteiger partial charge is 0.330 e. The van der Waals surface area contributed by atoms with Gasteiger partial charge in [-0.05, 0) is 30.0 Å². The molecule has 0 radical (unpaired) electrons. The van der Waals surface area contributed by atoms with Crippen LogP contribution in [-0.2, 0) is 20.8 Å². The molecule has 4 amide bonds. The molecule has 1 saturated carbocycles. The summed E-state index contributed by atoms with van der Waals surface area (Å²) in [5.41, 5.74) is 2.36. The van der Waals surface area contributed by atoms with E-state index >= 15 is 0 Å². The molecule has 1 aromatic heterocycles. The molecule has 4 N–H and O–H groups in total. The molecular weight excluding hydrogens is 702 g/mol. The van der Waals surface area contributed by atoms with Crippen LogP contribution in [0.25, 0.3) is 22.2 Å². The minimum atomic E-state index is -1.53. The van der Waals surface area contributed by atoms with Gasteiger partial charge in [-0.1, -0.05) is 74.5 Å². The quantitative estimate of drug-likeness (QED) is 0.160. The van der Waals surface area contributed by atoms with Crippen molar-refractivity contribution in [3.05, 3.63) is 103 Å². The maximum Gasteiger partial charge on any atom is 0.330 e. The fourth-order valence-electron chi connectivity index (χ4n) is 7.50. The number of carboxylic acids is 1. The number of aliphatic hydroxyl groups is 1. The molecule has 1 aliphatic heterocycles. The third-order valence-corrected chi connectivity index (χ3v) is 10.7. The maximum atomic E-state index is 14.2. The third kappa shape index (κ3) is 7.27. The highest BCUT2D eigenvalue weighted by Gasteiger charge is 2.61. The lowest BCUT2D eigenvalue weighted by Crippen LogP contribution is -2.56. The van der Waals surface area contributed by atoms with E-state index in [-0.39, 0.29) is 25.1 Å². The lowest BCUT2D eigenvalue weighted by atomic mass is 10.0. The number of carbonyl (C=O) groups is 4. The number of carboxylic acid groups (broad SMARTS) is 1. The van der Waals surface area contributed by atoms with Crippen molar-refractivity contribution < 1.29 is 38.9 Å². The summed E-state index contributed by atoms with van der Waals surface area (Å²) in [7, 11) is 1.57. The number of likely N-dealkylation sites (tertiary alicyclic amines) is 1. The van der Waals surface area contributed by atoms with E-state index in [1.807, 2.05) is 54.6 Å². The number of urea groups is 1. The fourth-order valence-corrected chi connectivity index (χ4v) is 7.50. The number of rotatable bonds is 11. The normalized spacial score (nSPS) is 23.9. The summed E-state index contributed by atoms with van der Waals surface area (Å²) < 4.78 is 12.1. The van der Waals surface area contributed by atoms with Crippen molar-refractivity contribution in [2.75, 3.05) is 13.7 Å². The number of ether oxygens (including phenoxy) is 2. The predicted molar refractivity (Wildman–Crippen MR) is 205 cm³/mol. The van der Waals surface area contributed by atoms with Crippen LogP contribution in [0, 0.1) is 11.8 Å². The number of aliphatic imine (C=N–C) groups is 1. The van der Waals surface area contributed by atoms with E-state index in [0.29, 0.717) is 40.1 Å². The van der Waals surface area contributed by atoms with Crippen LogP contribution < -0.4 is 20.1 Å². The van der Waals surface area contributed by atoms with E-state index in [0.717, 1.165) is 11.1 Å². The molecule has 13 nitrogen and oxygen atoms in total. The Morgan fingerprint density at radius 1 is 1.05 bits per heavy atom. The molecule has 0 bridgehead atoms. The summed E-state index contributed by atoms with van der Waals surface area (Å²) in [5.74, 6) is -2.32. The average Bonchev–Trinajstić information content (AvgIpc) is 3.59. The Labute approximate surface area is 318 Å². The Morgan fingerprint density at radius 2 is 1.80 bits per heavy atom. The number of hydrogen-bond acceptors (Lipinski definition) is 8. The van der Waals surface area contributed by atoms with Crippen LogP contribution in [0.5, 0.6) is 11.5 Å². The minimum absolute atomic E-state index is 0.0277. The Bertz CT molecular complexity index is 2210. The molecule has 3 aromatic carbocycles. The molecule has 3 aliphatic rings. The predicted octanol–water partition coefficient (Wildman–Crippen LogP) is 4.54. The number of nitrogens with zero attached hydrogens (tertiary/aromatic N) is 3.